The fourth-order valence-electron chi connectivity index (χ4n) is 3.06. The Kier molecular flexibility index (Phi) is 4.76. The first-order chi connectivity index (χ1) is 9.84. The zero-order chi connectivity index (χ0) is 15.6. The molecule has 2 rings (SSSR count). The van der Waals surface area contributed by atoms with Crippen LogP contribution in [-0.2, 0) is 21.2 Å². The van der Waals surface area contributed by atoms with Crippen LogP contribution in [0.4, 0.5) is 0 Å². The molecule has 6 heteroatoms. The van der Waals surface area contributed by atoms with Crippen molar-refractivity contribution in [3.8, 4) is 0 Å². The highest BCUT2D eigenvalue weighted by Gasteiger charge is 2.33. The zero-order valence-corrected chi connectivity index (χ0v) is 13.8. The molecule has 1 unspecified atom stereocenters. The van der Waals surface area contributed by atoms with Crippen LogP contribution in [0.5, 0.6) is 0 Å². The van der Waals surface area contributed by atoms with Crippen LogP contribution in [0, 0.1) is 13.8 Å². The van der Waals surface area contributed by atoms with Gasteiger partial charge in [-0.2, -0.15) is 0 Å². The van der Waals surface area contributed by atoms with Gasteiger partial charge in [0.05, 0.1) is 11.5 Å². The molecule has 5 nitrogen and oxygen atoms in total. The number of nitrogens with zero attached hydrogens (tertiary/aromatic N) is 2. The number of hydrogen-bond acceptors (Lipinski definition) is 3. The molecule has 1 aromatic rings. The number of amides is 1. The third-order valence-electron chi connectivity index (χ3n) is 4.28. The Morgan fingerprint density at radius 1 is 1.33 bits per heavy atom. The first kappa shape index (κ1) is 16.1. The van der Waals surface area contributed by atoms with Gasteiger partial charge in [-0.25, -0.2) is 8.42 Å². The van der Waals surface area contributed by atoms with Crippen LogP contribution in [0.1, 0.15) is 31.2 Å². The molecule has 1 aromatic heterocycles. The Morgan fingerprint density at radius 3 is 2.43 bits per heavy atom. The van der Waals surface area contributed by atoms with Crippen molar-refractivity contribution in [2.75, 3.05) is 18.1 Å². The van der Waals surface area contributed by atoms with E-state index in [1.807, 2.05) is 32.9 Å². The van der Waals surface area contributed by atoms with Crippen LogP contribution in [0.2, 0.25) is 0 Å². The van der Waals surface area contributed by atoms with E-state index in [0.717, 1.165) is 11.4 Å². The normalized spacial score (nSPS) is 20.6. The molecule has 0 bridgehead atoms. The lowest BCUT2D eigenvalue weighted by molar-refractivity contribution is -0.133. The summed E-state index contributed by atoms with van der Waals surface area (Å²) in [5, 5.41) is 0. The molecule has 21 heavy (non-hydrogen) atoms. The third-order valence-corrected chi connectivity index (χ3v) is 6.03. The smallest absolute Gasteiger partial charge is 0.224 e. The third kappa shape index (κ3) is 3.67. The van der Waals surface area contributed by atoms with Gasteiger partial charge in [0, 0.05) is 36.9 Å². The Morgan fingerprint density at radius 2 is 1.95 bits per heavy atom. The molecule has 0 aliphatic carbocycles. The van der Waals surface area contributed by atoms with E-state index in [2.05, 4.69) is 4.57 Å². The van der Waals surface area contributed by atoms with Crippen molar-refractivity contribution in [3.05, 3.63) is 23.5 Å². The van der Waals surface area contributed by atoms with Crippen molar-refractivity contribution in [1.82, 2.24) is 9.47 Å². The second-order valence-electron chi connectivity index (χ2n) is 5.75. The van der Waals surface area contributed by atoms with Crippen molar-refractivity contribution in [3.63, 3.8) is 0 Å². The second-order valence-corrected chi connectivity index (χ2v) is 7.98. The molecule has 2 heterocycles. The summed E-state index contributed by atoms with van der Waals surface area (Å²) in [5.74, 6) is 0.373. The lowest BCUT2D eigenvalue weighted by atomic mass is 10.2. The Labute approximate surface area is 126 Å². The van der Waals surface area contributed by atoms with Crippen LogP contribution >= 0.6 is 0 Å². The number of carbonyl (C=O) groups is 1. The van der Waals surface area contributed by atoms with Crippen molar-refractivity contribution in [1.29, 1.82) is 0 Å². The monoisotopic (exact) mass is 312 g/mol. The zero-order valence-electron chi connectivity index (χ0n) is 13.0. The summed E-state index contributed by atoms with van der Waals surface area (Å²) in [6.45, 7) is 7.19. The van der Waals surface area contributed by atoms with Gasteiger partial charge in [-0.15, -0.1) is 0 Å². The maximum atomic E-state index is 12.4. The van der Waals surface area contributed by atoms with E-state index in [4.69, 9.17) is 0 Å². The number of carbonyl (C=O) groups excluding carboxylic acids is 1. The molecule has 1 atom stereocenters. The first-order valence-electron chi connectivity index (χ1n) is 7.46. The van der Waals surface area contributed by atoms with Crippen LogP contribution in [0.15, 0.2) is 12.1 Å². The van der Waals surface area contributed by atoms with Gasteiger partial charge in [0.2, 0.25) is 5.91 Å². The van der Waals surface area contributed by atoms with Gasteiger partial charge >= 0.3 is 0 Å². The molecule has 0 aromatic carbocycles. The van der Waals surface area contributed by atoms with Gasteiger partial charge in [0.15, 0.2) is 9.84 Å². The molecule has 1 aliphatic heterocycles. The summed E-state index contributed by atoms with van der Waals surface area (Å²) >= 11 is 0. The maximum Gasteiger partial charge on any atom is 0.224 e. The van der Waals surface area contributed by atoms with Gasteiger partial charge < -0.3 is 9.47 Å². The van der Waals surface area contributed by atoms with E-state index < -0.39 is 9.84 Å². The van der Waals surface area contributed by atoms with E-state index >= 15 is 0 Å². The van der Waals surface area contributed by atoms with Crippen molar-refractivity contribution < 1.29 is 13.2 Å². The highest BCUT2D eigenvalue weighted by Crippen LogP contribution is 2.19. The minimum atomic E-state index is -2.95. The molecule has 0 spiro atoms. The van der Waals surface area contributed by atoms with Crippen molar-refractivity contribution in [2.24, 2.45) is 0 Å². The average Bonchev–Trinajstić information content (AvgIpc) is 2.92. The largest absolute Gasteiger partial charge is 0.349 e. The van der Waals surface area contributed by atoms with Crippen LogP contribution in [0.3, 0.4) is 0 Å². The summed E-state index contributed by atoms with van der Waals surface area (Å²) < 4.78 is 25.3. The Bertz CT molecular complexity index is 599. The van der Waals surface area contributed by atoms with E-state index in [-0.39, 0.29) is 23.5 Å². The van der Waals surface area contributed by atoms with E-state index in [1.54, 1.807) is 4.90 Å². The predicted molar refractivity (Wildman–Crippen MR) is 83.0 cm³/mol. The standard InChI is InChI=1S/C15H24N2O3S/c1-4-16(14-8-10-21(19,20)11-14)15(18)7-9-17-12(2)5-6-13(17)3/h5-6,14H,4,7-11H2,1-3H3. The molecule has 1 amide bonds. The Hall–Kier alpha value is -1.30. The molecule has 1 fully saturated rings. The summed E-state index contributed by atoms with van der Waals surface area (Å²) in [4.78, 5) is 14.1. The molecule has 0 N–H and O–H groups in total. The van der Waals surface area contributed by atoms with Crippen LogP contribution in [-0.4, -0.2) is 47.9 Å². The molecule has 0 radical (unpaired) electrons. The van der Waals surface area contributed by atoms with Gasteiger partial charge in [0.25, 0.3) is 0 Å². The summed E-state index contributed by atoms with van der Waals surface area (Å²) in [6, 6.07) is 3.95. The SMILES string of the molecule is CCN(C(=O)CCn1c(C)ccc1C)C1CCS(=O)(=O)C1. The van der Waals surface area contributed by atoms with Crippen LogP contribution in [0.25, 0.3) is 0 Å². The lowest BCUT2D eigenvalue weighted by Gasteiger charge is -2.27. The van der Waals surface area contributed by atoms with Crippen molar-refractivity contribution >= 4 is 15.7 Å². The molecular formula is C15H24N2O3S. The maximum absolute atomic E-state index is 12.4. The molecule has 118 valence electrons. The quantitative estimate of drug-likeness (QED) is 0.828. The number of sulfone groups is 1. The number of rotatable bonds is 5. The molecular weight excluding hydrogens is 288 g/mol. The number of aryl methyl sites for hydroxylation is 2. The van der Waals surface area contributed by atoms with Crippen molar-refractivity contribution in [2.45, 2.75) is 46.2 Å². The summed E-state index contributed by atoms with van der Waals surface area (Å²) in [5.41, 5.74) is 2.29. The molecule has 1 aliphatic rings. The Balaban J connectivity index is 1.98. The van der Waals surface area contributed by atoms with Gasteiger partial charge in [-0.3, -0.25) is 4.79 Å². The molecule has 0 saturated carbocycles. The second kappa shape index (κ2) is 6.22. The fourth-order valence-corrected chi connectivity index (χ4v) is 4.79. The summed E-state index contributed by atoms with van der Waals surface area (Å²) in [7, 11) is -2.95. The molecule has 1 saturated heterocycles. The fraction of sp³-hybridized carbons (Fsp3) is 0.667. The first-order valence-corrected chi connectivity index (χ1v) is 9.29. The predicted octanol–water partition coefficient (Wildman–Crippen LogP) is 1.53. The topological polar surface area (TPSA) is 59.4 Å². The summed E-state index contributed by atoms with van der Waals surface area (Å²) in [6.07, 6.45) is 0.990. The number of hydrogen-bond donors (Lipinski definition) is 0. The number of aromatic nitrogens is 1. The minimum Gasteiger partial charge on any atom is -0.349 e. The average molecular weight is 312 g/mol. The lowest BCUT2D eigenvalue weighted by Crippen LogP contribution is -2.41. The highest BCUT2D eigenvalue weighted by atomic mass is 32.2. The van der Waals surface area contributed by atoms with E-state index in [0.29, 0.717) is 25.9 Å². The van der Waals surface area contributed by atoms with Gasteiger partial charge in [-0.05, 0) is 39.3 Å². The highest BCUT2D eigenvalue weighted by molar-refractivity contribution is 7.91. The van der Waals surface area contributed by atoms with Crippen LogP contribution < -0.4 is 0 Å². The van der Waals surface area contributed by atoms with E-state index in [9.17, 15) is 13.2 Å². The minimum absolute atomic E-state index is 0.0482. The van der Waals surface area contributed by atoms with Gasteiger partial charge in [-0.1, -0.05) is 0 Å². The van der Waals surface area contributed by atoms with Gasteiger partial charge in [0.1, 0.15) is 0 Å². The van der Waals surface area contributed by atoms with E-state index in [1.165, 1.54) is 0 Å².